The number of hydrogen-bond acceptors (Lipinski definition) is 1. The van der Waals surface area contributed by atoms with Gasteiger partial charge in [-0.15, -0.1) is 0 Å². The third-order valence-electron chi connectivity index (χ3n) is 3.16. The fourth-order valence-electron chi connectivity index (χ4n) is 2.02. The summed E-state index contributed by atoms with van der Waals surface area (Å²) < 4.78 is 0. The molecule has 0 atom stereocenters. The largest absolute Gasteiger partial charge is 0.334 e. The Hall–Kier alpha value is -2.09. The Kier molecular flexibility index (Phi) is 5.17. The van der Waals surface area contributed by atoms with Gasteiger partial charge < -0.3 is 4.90 Å². The third-order valence-corrected chi connectivity index (χ3v) is 3.16. The van der Waals surface area contributed by atoms with Crippen molar-refractivity contribution in [2.75, 3.05) is 13.1 Å². The second-order valence-electron chi connectivity index (χ2n) is 4.55. The Labute approximate surface area is 114 Å². The molecule has 1 amide bonds. The van der Waals surface area contributed by atoms with E-state index in [0.29, 0.717) is 0 Å². The van der Waals surface area contributed by atoms with E-state index in [1.165, 1.54) is 11.1 Å². The van der Waals surface area contributed by atoms with Crippen molar-refractivity contribution in [2.45, 2.75) is 12.8 Å². The van der Waals surface area contributed by atoms with Crippen LogP contribution in [0.2, 0.25) is 0 Å². The first-order chi connectivity index (χ1) is 9.38. The van der Waals surface area contributed by atoms with Crippen molar-refractivity contribution in [2.24, 2.45) is 0 Å². The van der Waals surface area contributed by atoms with Gasteiger partial charge in [-0.1, -0.05) is 60.7 Å². The molecule has 0 aliphatic rings. The van der Waals surface area contributed by atoms with Gasteiger partial charge in [-0.25, -0.2) is 0 Å². The average Bonchev–Trinajstić information content (AvgIpc) is 2.49. The van der Waals surface area contributed by atoms with E-state index in [9.17, 15) is 4.79 Å². The van der Waals surface area contributed by atoms with E-state index in [0.717, 1.165) is 25.9 Å². The van der Waals surface area contributed by atoms with Crippen molar-refractivity contribution >= 4 is 6.41 Å². The average molecular weight is 252 g/mol. The number of benzene rings is 2. The molecule has 0 heterocycles. The Morgan fingerprint density at radius 1 is 0.737 bits per heavy atom. The Morgan fingerprint density at radius 2 is 1.16 bits per heavy atom. The van der Waals surface area contributed by atoms with E-state index >= 15 is 0 Å². The summed E-state index contributed by atoms with van der Waals surface area (Å²) in [4.78, 5) is 12.7. The summed E-state index contributed by atoms with van der Waals surface area (Å²) in [6.45, 7) is 1.45. The third kappa shape index (κ3) is 4.59. The predicted octanol–water partition coefficient (Wildman–Crippen LogP) is 2.84. The molecular formula is C17H18NO. The van der Waals surface area contributed by atoms with Crippen LogP contribution in [0.5, 0.6) is 0 Å². The van der Waals surface area contributed by atoms with Gasteiger partial charge in [-0.2, -0.15) is 0 Å². The summed E-state index contributed by atoms with van der Waals surface area (Å²) >= 11 is 0. The molecule has 2 heteroatoms. The van der Waals surface area contributed by atoms with Crippen LogP contribution in [0.1, 0.15) is 11.1 Å². The van der Waals surface area contributed by atoms with Crippen LogP contribution in [0.25, 0.3) is 0 Å². The SMILES string of the molecule is O=[C]N(CCc1ccccc1)CCc1ccccc1. The fourth-order valence-corrected chi connectivity index (χ4v) is 2.02. The first-order valence-corrected chi connectivity index (χ1v) is 6.59. The van der Waals surface area contributed by atoms with Crippen molar-refractivity contribution in [1.29, 1.82) is 0 Å². The molecule has 2 aromatic carbocycles. The maximum absolute atomic E-state index is 10.9. The zero-order chi connectivity index (χ0) is 13.3. The molecule has 2 nitrogen and oxygen atoms in total. The lowest BCUT2D eigenvalue weighted by Gasteiger charge is -2.16. The number of nitrogens with zero attached hydrogens (tertiary/aromatic N) is 1. The van der Waals surface area contributed by atoms with E-state index in [1.54, 1.807) is 4.90 Å². The molecule has 97 valence electrons. The second kappa shape index (κ2) is 7.37. The molecule has 1 radical (unpaired) electrons. The number of hydrogen-bond donors (Lipinski definition) is 0. The van der Waals surface area contributed by atoms with Gasteiger partial charge in [-0.05, 0) is 24.0 Å². The van der Waals surface area contributed by atoms with Gasteiger partial charge in [0.15, 0.2) is 0 Å². The molecule has 0 saturated heterocycles. The molecule has 0 fully saturated rings. The molecule has 0 bridgehead atoms. The van der Waals surface area contributed by atoms with Crippen LogP contribution in [0.4, 0.5) is 0 Å². The lowest BCUT2D eigenvalue weighted by Crippen LogP contribution is -2.26. The topological polar surface area (TPSA) is 20.3 Å². The lowest BCUT2D eigenvalue weighted by molar-refractivity contribution is 0.385. The first-order valence-electron chi connectivity index (χ1n) is 6.59. The minimum atomic E-state index is 0.723. The highest BCUT2D eigenvalue weighted by Gasteiger charge is 2.03. The predicted molar refractivity (Wildman–Crippen MR) is 77.6 cm³/mol. The zero-order valence-electron chi connectivity index (χ0n) is 11.0. The summed E-state index contributed by atoms with van der Waals surface area (Å²) in [6, 6.07) is 20.4. The highest BCUT2D eigenvalue weighted by atomic mass is 16.1. The summed E-state index contributed by atoms with van der Waals surface area (Å²) in [5.74, 6) is 0. The Bertz CT molecular complexity index is 438. The summed E-state index contributed by atoms with van der Waals surface area (Å²) in [5.41, 5.74) is 2.50. The Morgan fingerprint density at radius 3 is 1.53 bits per heavy atom. The molecule has 0 saturated carbocycles. The number of rotatable bonds is 7. The second-order valence-corrected chi connectivity index (χ2v) is 4.55. The van der Waals surface area contributed by atoms with E-state index < -0.39 is 0 Å². The lowest BCUT2D eigenvalue weighted by atomic mass is 10.1. The summed E-state index contributed by atoms with van der Waals surface area (Å²) in [6.07, 6.45) is 3.79. The van der Waals surface area contributed by atoms with Crippen LogP contribution in [-0.4, -0.2) is 24.4 Å². The van der Waals surface area contributed by atoms with Crippen molar-refractivity contribution in [3.05, 3.63) is 71.8 Å². The normalized spacial score (nSPS) is 10.1. The van der Waals surface area contributed by atoms with E-state index in [-0.39, 0.29) is 0 Å². The molecule has 0 N–H and O–H groups in total. The van der Waals surface area contributed by atoms with Gasteiger partial charge in [0.2, 0.25) is 0 Å². The number of amides is 1. The molecule has 19 heavy (non-hydrogen) atoms. The van der Waals surface area contributed by atoms with E-state index in [2.05, 4.69) is 24.3 Å². The fraction of sp³-hybridized carbons (Fsp3) is 0.235. The maximum atomic E-state index is 10.9. The smallest absolute Gasteiger partial charge is 0.312 e. The van der Waals surface area contributed by atoms with Crippen LogP contribution in [0, 0.1) is 0 Å². The Balaban J connectivity index is 1.79. The van der Waals surface area contributed by atoms with Crippen molar-refractivity contribution < 1.29 is 4.79 Å². The van der Waals surface area contributed by atoms with Crippen LogP contribution >= 0.6 is 0 Å². The van der Waals surface area contributed by atoms with E-state index in [4.69, 9.17) is 0 Å². The van der Waals surface area contributed by atoms with Gasteiger partial charge in [0.1, 0.15) is 0 Å². The summed E-state index contributed by atoms with van der Waals surface area (Å²) in [7, 11) is 0. The highest BCUT2D eigenvalue weighted by molar-refractivity contribution is 5.48. The van der Waals surface area contributed by atoms with Crippen molar-refractivity contribution in [1.82, 2.24) is 4.90 Å². The van der Waals surface area contributed by atoms with Crippen LogP contribution in [0.15, 0.2) is 60.7 Å². The molecule has 2 rings (SSSR count). The van der Waals surface area contributed by atoms with Crippen LogP contribution in [0.3, 0.4) is 0 Å². The maximum Gasteiger partial charge on any atom is 0.312 e. The first kappa shape index (κ1) is 13.3. The van der Waals surface area contributed by atoms with Crippen molar-refractivity contribution in [3.8, 4) is 0 Å². The molecule has 0 unspecified atom stereocenters. The molecule has 0 aliphatic heterocycles. The van der Waals surface area contributed by atoms with Gasteiger partial charge in [-0.3, -0.25) is 4.79 Å². The molecular weight excluding hydrogens is 234 g/mol. The van der Waals surface area contributed by atoms with Crippen LogP contribution in [-0.2, 0) is 17.6 Å². The van der Waals surface area contributed by atoms with Gasteiger partial charge in [0, 0.05) is 13.1 Å². The monoisotopic (exact) mass is 252 g/mol. The summed E-state index contributed by atoms with van der Waals surface area (Å²) in [5, 5.41) is 0. The molecule has 0 aliphatic carbocycles. The van der Waals surface area contributed by atoms with Gasteiger partial charge in [0.25, 0.3) is 0 Å². The minimum absolute atomic E-state index is 0.723. The highest BCUT2D eigenvalue weighted by Crippen LogP contribution is 2.03. The quantitative estimate of drug-likeness (QED) is 0.694. The molecule has 0 spiro atoms. The van der Waals surface area contributed by atoms with Gasteiger partial charge in [0.05, 0.1) is 0 Å². The van der Waals surface area contributed by atoms with Gasteiger partial charge >= 0.3 is 6.41 Å². The van der Waals surface area contributed by atoms with Crippen LogP contribution < -0.4 is 0 Å². The molecule has 0 aromatic heterocycles. The number of carbonyl (C=O) groups excluding carboxylic acids is 1. The van der Waals surface area contributed by atoms with E-state index in [1.807, 2.05) is 42.8 Å². The standard InChI is InChI=1S/C17H18NO/c19-15-18(13-11-16-7-3-1-4-8-16)14-12-17-9-5-2-6-10-17/h1-10H,11-14H2. The zero-order valence-corrected chi connectivity index (χ0v) is 11.0. The van der Waals surface area contributed by atoms with Crippen molar-refractivity contribution in [3.63, 3.8) is 0 Å². The molecule has 2 aromatic rings. The minimum Gasteiger partial charge on any atom is -0.334 e.